The van der Waals surface area contributed by atoms with Gasteiger partial charge in [0.2, 0.25) is 0 Å². The average molecular weight is 255 g/mol. The first-order chi connectivity index (χ1) is 9.24. The number of pyridine rings is 1. The summed E-state index contributed by atoms with van der Waals surface area (Å²) in [7, 11) is 0. The van der Waals surface area contributed by atoms with Gasteiger partial charge in [-0.05, 0) is 36.2 Å². The van der Waals surface area contributed by atoms with Crippen LogP contribution in [0, 0.1) is 5.82 Å². The number of nitrogens with zero attached hydrogens (tertiary/aromatic N) is 2. The Labute approximate surface area is 111 Å². The van der Waals surface area contributed by atoms with Crippen molar-refractivity contribution in [1.82, 2.24) is 10.3 Å². The van der Waals surface area contributed by atoms with Gasteiger partial charge in [0.25, 0.3) is 0 Å². The Morgan fingerprint density at radius 1 is 1.16 bits per heavy atom. The van der Waals surface area contributed by atoms with E-state index in [1.165, 1.54) is 6.07 Å². The van der Waals surface area contributed by atoms with Crippen LogP contribution in [0.25, 0.3) is 0 Å². The highest BCUT2D eigenvalue weighted by atomic mass is 19.1. The number of hydrogen-bond donors (Lipinski definition) is 1. The number of benzene rings is 1. The summed E-state index contributed by atoms with van der Waals surface area (Å²) in [6.07, 6.45) is 3.54. The SMILES string of the molecule is CC1=N[C@@H](c2cccnc2)[C@@H](c2cccc(F)c2)N1. The van der Waals surface area contributed by atoms with Gasteiger partial charge in [-0.1, -0.05) is 18.2 Å². The molecule has 0 saturated carbocycles. The molecule has 1 N–H and O–H groups in total. The molecule has 19 heavy (non-hydrogen) atoms. The third-order valence-corrected chi connectivity index (χ3v) is 3.25. The maximum atomic E-state index is 13.4. The highest BCUT2D eigenvalue weighted by molar-refractivity contribution is 5.82. The molecule has 3 rings (SSSR count). The molecule has 4 heteroatoms. The zero-order valence-electron chi connectivity index (χ0n) is 10.5. The first kappa shape index (κ1) is 11.8. The van der Waals surface area contributed by atoms with Crippen LogP contribution < -0.4 is 5.32 Å². The van der Waals surface area contributed by atoms with E-state index < -0.39 is 0 Å². The normalized spacial score (nSPS) is 21.9. The zero-order valence-corrected chi connectivity index (χ0v) is 10.5. The van der Waals surface area contributed by atoms with Crippen molar-refractivity contribution >= 4 is 5.84 Å². The number of rotatable bonds is 2. The van der Waals surface area contributed by atoms with E-state index in [4.69, 9.17) is 0 Å². The Bertz CT molecular complexity index is 610. The Morgan fingerprint density at radius 3 is 2.74 bits per heavy atom. The Kier molecular flexibility index (Phi) is 2.99. The number of halogens is 1. The monoisotopic (exact) mass is 255 g/mol. The van der Waals surface area contributed by atoms with E-state index in [2.05, 4.69) is 15.3 Å². The molecule has 1 aromatic carbocycles. The van der Waals surface area contributed by atoms with Gasteiger partial charge in [0.1, 0.15) is 11.9 Å². The fraction of sp³-hybridized carbons (Fsp3) is 0.200. The van der Waals surface area contributed by atoms with Crippen molar-refractivity contribution < 1.29 is 4.39 Å². The number of amidine groups is 1. The van der Waals surface area contributed by atoms with Crippen LogP contribution in [0.15, 0.2) is 53.8 Å². The summed E-state index contributed by atoms with van der Waals surface area (Å²) in [5.74, 6) is 0.636. The van der Waals surface area contributed by atoms with Crippen LogP contribution in [-0.4, -0.2) is 10.8 Å². The summed E-state index contributed by atoms with van der Waals surface area (Å²) in [6.45, 7) is 1.92. The van der Waals surface area contributed by atoms with Crippen LogP contribution in [-0.2, 0) is 0 Å². The molecule has 0 saturated heterocycles. The highest BCUT2D eigenvalue weighted by Gasteiger charge is 2.29. The third-order valence-electron chi connectivity index (χ3n) is 3.25. The van der Waals surface area contributed by atoms with Gasteiger partial charge in [0, 0.05) is 12.4 Å². The third kappa shape index (κ3) is 2.34. The molecule has 1 aliphatic heterocycles. The van der Waals surface area contributed by atoms with Crippen molar-refractivity contribution in [2.45, 2.75) is 19.0 Å². The maximum Gasteiger partial charge on any atom is 0.123 e. The second-order valence-corrected chi connectivity index (χ2v) is 4.62. The van der Waals surface area contributed by atoms with Crippen molar-refractivity contribution in [2.24, 2.45) is 4.99 Å². The lowest BCUT2D eigenvalue weighted by atomic mass is 9.96. The van der Waals surface area contributed by atoms with E-state index in [0.717, 1.165) is 17.0 Å². The van der Waals surface area contributed by atoms with Gasteiger partial charge in [0.15, 0.2) is 0 Å². The minimum atomic E-state index is -0.228. The molecule has 0 radical (unpaired) electrons. The highest BCUT2D eigenvalue weighted by Crippen LogP contribution is 2.35. The molecule has 2 heterocycles. The fourth-order valence-electron chi connectivity index (χ4n) is 2.41. The minimum Gasteiger partial charge on any atom is -0.365 e. The van der Waals surface area contributed by atoms with Crippen LogP contribution in [0.1, 0.15) is 30.1 Å². The van der Waals surface area contributed by atoms with Gasteiger partial charge in [-0.15, -0.1) is 0 Å². The average Bonchev–Trinajstić information content (AvgIpc) is 2.82. The fourth-order valence-corrected chi connectivity index (χ4v) is 2.41. The van der Waals surface area contributed by atoms with Crippen molar-refractivity contribution in [3.05, 3.63) is 65.7 Å². The first-order valence-corrected chi connectivity index (χ1v) is 6.20. The Balaban J connectivity index is 1.98. The van der Waals surface area contributed by atoms with Crippen molar-refractivity contribution in [3.63, 3.8) is 0 Å². The molecular formula is C15H14FN3. The van der Waals surface area contributed by atoms with E-state index in [-0.39, 0.29) is 17.9 Å². The van der Waals surface area contributed by atoms with Gasteiger partial charge < -0.3 is 5.32 Å². The molecule has 1 aromatic heterocycles. The summed E-state index contributed by atoms with van der Waals surface area (Å²) in [5.41, 5.74) is 1.93. The van der Waals surface area contributed by atoms with E-state index in [1.54, 1.807) is 24.5 Å². The minimum absolute atomic E-state index is 0.0418. The number of aromatic nitrogens is 1. The Hall–Kier alpha value is -2.23. The smallest absolute Gasteiger partial charge is 0.123 e. The molecule has 96 valence electrons. The summed E-state index contributed by atoms with van der Waals surface area (Å²) >= 11 is 0. The van der Waals surface area contributed by atoms with Crippen LogP contribution in [0.2, 0.25) is 0 Å². The van der Waals surface area contributed by atoms with Crippen LogP contribution in [0.5, 0.6) is 0 Å². The van der Waals surface area contributed by atoms with Gasteiger partial charge in [-0.2, -0.15) is 0 Å². The molecule has 0 spiro atoms. The topological polar surface area (TPSA) is 37.3 Å². The second-order valence-electron chi connectivity index (χ2n) is 4.62. The van der Waals surface area contributed by atoms with Gasteiger partial charge >= 0.3 is 0 Å². The molecule has 0 aliphatic carbocycles. The van der Waals surface area contributed by atoms with E-state index in [0.29, 0.717) is 0 Å². The standard InChI is InChI=1S/C15H14FN3/c1-10-18-14(11-4-2-6-13(16)8-11)15(19-10)12-5-3-7-17-9-12/h2-9,14-15H,1H3,(H,18,19)/t14-,15+/m1/s1. The van der Waals surface area contributed by atoms with E-state index in [9.17, 15) is 4.39 Å². The molecule has 0 unspecified atom stereocenters. The molecule has 0 amide bonds. The lowest BCUT2D eigenvalue weighted by molar-refractivity contribution is 0.561. The van der Waals surface area contributed by atoms with Gasteiger partial charge in [-0.25, -0.2) is 4.39 Å². The summed E-state index contributed by atoms with van der Waals surface area (Å²) in [5, 5.41) is 3.30. The lowest BCUT2D eigenvalue weighted by Gasteiger charge is -2.19. The predicted molar refractivity (Wildman–Crippen MR) is 72.4 cm³/mol. The molecule has 1 aliphatic rings. The number of aliphatic imine (C=N–C) groups is 1. The van der Waals surface area contributed by atoms with E-state index in [1.807, 2.05) is 25.1 Å². The Morgan fingerprint density at radius 2 is 2.00 bits per heavy atom. The summed E-state index contributed by atoms with van der Waals surface area (Å²) in [6, 6.07) is 10.4. The maximum absolute atomic E-state index is 13.4. The number of nitrogens with one attached hydrogen (secondary N) is 1. The van der Waals surface area contributed by atoms with Crippen molar-refractivity contribution in [3.8, 4) is 0 Å². The summed E-state index contributed by atoms with van der Waals surface area (Å²) < 4.78 is 13.4. The molecule has 2 aromatic rings. The second kappa shape index (κ2) is 4.80. The molecule has 0 fully saturated rings. The predicted octanol–water partition coefficient (Wildman–Crippen LogP) is 3.02. The lowest BCUT2D eigenvalue weighted by Crippen LogP contribution is -2.22. The molecule has 3 nitrogen and oxygen atoms in total. The number of hydrogen-bond acceptors (Lipinski definition) is 3. The molecular weight excluding hydrogens is 241 g/mol. The van der Waals surface area contributed by atoms with Crippen LogP contribution in [0.3, 0.4) is 0 Å². The van der Waals surface area contributed by atoms with Crippen molar-refractivity contribution in [1.29, 1.82) is 0 Å². The van der Waals surface area contributed by atoms with Crippen molar-refractivity contribution in [2.75, 3.05) is 0 Å². The van der Waals surface area contributed by atoms with Gasteiger partial charge in [-0.3, -0.25) is 9.98 Å². The largest absolute Gasteiger partial charge is 0.365 e. The quantitative estimate of drug-likeness (QED) is 0.895. The van der Waals surface area contributed by atoms with E-state index >= 15 is 0 Å². The van der Waals surface area contributed by atoms with Gasteiger partial charge in [0.05, 0.1) is 11.9 Å². The first-order valence-electron chi connectivity index (χ1n) is 6.20. The zero-order chi connectivity index (χ0) is 13.2. The van der Waals surface area contributed by atoms with Crippen LogP contribution >= 0.6 is 0 Å². The van der Waals surface area contributed by atoms with Crippen LogP contribution in [0.4, 0.5) is 4.39 Å². The summed E-state index contributed by atoms with van der Waals surface area (Å²) in [4.78, 5) is 8.72. The molecule has 0 bridgehead atoms. The molecule has 2 atom stereocenters.